The molecule has 0 fully saturated rings. The molecule has 0 bridgehead atoms. The quantitative estimate of drug-likeness (QED) is 0.689. The second-order valence-electron chi connectivity index (χ2n) is 4.20. The van der Waals surface area contributed by atoms with E-state index in [0.29, 0.717) is 10.7 Å². The van der Waals surface area contributed by atoms with E-state index in [1.54, 1.807) is 4.40 Å². The molecular formula is C12H11N5OS2. The molecule has 0 N–H and O–H groups in total. The lowest BCUT2D eigenvalue weighted by atomic mass is 10.4. The van der Waals surface area contributed by atoms with Gasteiger partial charge in [-0.05, 0) is 23.9 Å². The van der Waals surface area contributed by atoms with Crippen LogP contribution in [0.2, 0.25) is 0 Å². The van der Waals surface area contributed by atoms with Gasteiger partial charge in [0.1, 0.15) is 16.4 Å². The Labute approximate surface area is 123 Å². The summed E-state index contributed by atoms with van der Waals surface area (Å²) in [6.07, 6.45) is 2.64. The van der Waals surface area contributed by atoms with Crippen LogP contribution in [0.25, 0.3) is 5.65 Å². The highest BCUT2D eigenvalue weighted by Crippen LogP contribution is 2.33. The number of rotatable bonds is 4. The number of anilines is 1. The summed E-state index contributed by atoms with van der Waals surface area (Å²) in [7, 11) is 3.83. The molecule has 0 spiro atoms. The first-order valence-electron chi connectivity index (χ1n) is 5.80. The Bertz CT molecular complexity index is 764. The number of pyridine rings is 1. The number of carbonyl (C=O) groups is 1. The normalized spacial score (nSPS) is 10.9. The Hall–Kier alpha value is -1.93. The van der Waals surface area contributed by atoms with Gasteiger partial charge >= 0.3 is 0 Å². The standard InChI is InChI=1S/C12H11N5OS2/c1-16(2)11-14-15-12(20-11)19-10-8(7-18)17-6-4-3-5-9(17)13-10/h3-7H,1-2H3. The lowest BCUT2D eigenvalue weighted by Gasteiger charge is -2.03. The molecule has 0 aromatic carbocycles. The van der Waals surface area contributed by atoms with Crippen LogP contribution in [0, 0.1) is 0 Å². The van der Waals surface area contributed by atoms with E-state index >= 15 is 0 Å². The molecule has 20 heavy (non-hydrogen) atoms. The molecule has 0 aliphatic carbocycles. The molecule has 0 aliphatic heterocycles. The minimum Gasteiger partial charge on any atom is -0.353 e. The van der Waals surface area contributed by atoms with Crippen LogP contribution in [0.1, 0.15) is 10.5 Å². The molecule has 0 radical (unpaired) electrons. The maximum absolute atomic E-state index is 11.3. The fourth-order valence-corrected chi connectivity index (χ4v) is 3.45. The second-order valence-corrected chi connectivity index (χ2v) is 6.39. The Morgan fingerprint density at radius 3 is 2.90 bits per heavy atom. The maximum Gasteiger partial charge on any atom is 0.208 e. The first kappa shape index (κ1) is 13.1. The van der Waals surface area contributed by atoms with Crippen LogP contribution < -0.4 is 4.90 Å². The lowest BCUT2D eigenvalue weighted by molar-refractivity contribution is 0.111. The van der Waals surface area contributed by atoms with Crippen LogP contribution in [0.3, 0.4) is 0 Å². The number of imidazole rings is 1. The number of hydrogen-bond donors (Lipinski definition) is 0. The van der Waals surface area contributed by atoms with Crippen molar-refractivity contribution >= 4 is 40.2 Å². The summed E-state index contributed by atoms with van der Waals surface area (Å²) in [5, 5.41) is 9.64. The molecule has 0 aliphatic rings. The molecule has 0 unspecified atom stereocenters. The monoisotopic (exact) mass is 305 g/mol. The molecule has 102 valence electrons. The van der Waals surface area contributed by atoms with Crippen LogP contribution in [0.5, 0.6) is 0 Å². The zero-order chi connectivity index (χ0) is 14.1. The lowest BCUT2D eigenvalue weighted by Crippen LogP contribution is -2.07. The highest BCUT2D eigenvalue weighted by atomic mass is 32.2. The van der Waals surface area contributed by atoms with Crippen molar-refractivity contribution in [3.8, 4) is 0 Å². The Balaban J connectivity index is 1.99. The van der Waals surface area contributed by atoms with Crippen LogP contribution in [-0.2, 0) is 0 Å². The fourth-order valence-electron chi connectivity index (χ4n) is 1.68. The summed E-state index contributed by atoms with van der Waals surface area (Å²) in [6, 6.07) is 5.62. The number of hydrogen-bond acceptors (Lipinski definition) is 7. The minimum atomic E-state index is 0.534. The fraction of sp³-hybridized carbons (Fsp3) is 0.167. The van der Waals surface area contributed by atoms with E-state index in [9.17, 15) is 4.79 Å². The molecule has 8 heteroatoms. The largest absolute Gasteiger partial charge is 0.353 e. The first-order chi connectivity index (χ1) is 9.69. The molecule has 0 saturated carbocycles. The zero-order valence-electron chi connectivity index (χ0n) is 10.8. The predicted octanol–water partition coefficient (Wildman–Crippen LogP) is 2.22. The second kappa shape index (κ2) is 5.22. The van der Waals surface area contributed by atoms with E-state index in [1.807, 2.05) is 43.4 Å². The van der Waals surface area contributed by atoms with Crippen molar-refractivity contribution in [3.05, 3.63) is 30.1 Å². The summed E-state index contributed by atoms with van der Waals surface area (Å²) in [5.74, 6) is 0. The average Bonchev–Trinajstić information content (AvgIpc) is 3.02. The number of fused-ring (bicyclic) bond motifs is 1. The van der Waals surface area contributed by atoms with Gasteiger partial charge in [-0.3, -0.25) is 9.20 Å². The van der Waals surface area contributed by atoms with Gasteiger partial charge in [0.25, 0.3) is 0 Å². The van der Waals surface area contributed by atoms with E-state index in [1.165, 1.54) is 23.1 Å². The average molecular weight is 305 g/mol. The molecule has 3 aromatic rings. The predicted molar refractivity (Wildman–Crippen MR) is 78.9 cm³/mol. The van der Waals surface area contributed by atoms with Crippen molar-refractivity contribution in [2.24, 2.45) is 0 Å². The van der Waals surface area contributed by atoms with Gasteiger partial charge in [-0.2, -0.15) is 0 Å². The Kier molecular flexibility index (Phi) is 3.41. The summed E-state index contributed by atoms with van der Waals surface area (Å²) >= 11 is 2.82. The van der Waals surface area contributed by atoms with E-state index in [0.717, 1.165) is 21.4 Å². The summed E-state index contributed by atoms with van der Waals surface area (Å²) in [5.41, 5.74) is 1.28. The number of aldehydes is 1. The number of carbonyl (C=O) groups excluding carboxylic acids is 1. The highest BCUT2D eigenvalue weighted by molar-refractivity contribution is 8.01. The summed E-state index contributed by atoms with van der Waals surface area (Å²) < 4.78 is 2.53. The highest BCUT2D eigenvalue weighted by Gasteiger charge is 2.15. The molecule has 3 heterocycles. The van der Waals surface area contributed by atoms with Gasteiger partial charge in [0.2, 0.25) is 5.13 Å². The van der Waals surface area contributed by atoms with Gasteiger partial charge in [-0.25, -0.2) is 4.98 Å². The maximum atomic E-state index is 11.3. The minimum absolute atomic E-state index is 0.534. The van der Waals surface area contributed by atoms with Gasteiger partial charge < -0.3 is 4.90 Å². The van der Waals surface area contributed by atoms with E-state index < -0.39 is 0 Å². The molecule has 3 rings (SSSR count). The van der Waals surface area contributed by atoms with Crippen LogP contribution in [-0.4, -0.2) is 40.0 Å². The third kappa shape index (κ3) is 2.27. The van der Waals surface area contributed by atoms with Crippen LogP contribution in [0.15, 0.2) is 33.8 Å². The third-order valence-corrected chi connectivity index (χ3v) is 4.74. The summed E-state index contributed by atoms with van der Waals surface area (Å²) in [6.45, 7) is 0. The SMILES string of the molecule is CN(C)c1nnc(Sc2nc3ccccn3c2C=O)s1. The van der Waals surface area contributed by atoms with Gasteiger partial charge in [0.05, 0.1) is 0 Å². The Morgan fingerprint density at radius 1 is 1.35 bits per heavy atom. The molecule has 0 saturated heterocycles. The van der Waals surface area contributed by atoms with Gasteiger partial charge in [0, 0.05) is 20.3 Å². The number of nitrogens with zero attached hydrogens (tertiary/aromatic N) is 5. The first-order valence-corrected chi connectivity index (χ1v) is 7.43. The van der Waals surface area contributed by atoms with E-state index in [2.05, 4.69) is 15.2 Å². The van der Waals surface area contributed by atoms with Crippen LogP contribution >= 0.6 is 23.1 Å². The van der Waals surface area contributed by atoms with Crippen molar-refractivity contribution < 1.29 is 4.79 Å². The van der Waals surface area contributed by atoms with E-state index in [4.69, 9.17) is 0 Å². The smallest absolute Gasteiger partial charge is 0.208 e. The summed E-state index contributed by atoms with van der Waals surface area (Å²) in [4.78, 5) is 17.6. The van der Waals surface area contributed by atoms with Crippen molar-refractivity contribution in [1.82, 2.24) is 19.6 Å². The van der Waals surface area contributed by atoms with Gasteiger partial charge in [-0.15, -0.1) is 10.2 Å². The topological polar surface area (TPSA) is 63.4 Å². The van der Waals surface area contributed by atoms with Crippen LogP contribution in [0.4, 0.5) is 5.13 Å². The number of aromatic nitrogens is 4. The van der Waals surface area contributed by atoms with Crippen molar-refractivity contribution in [1.29, 1.82) is 0 Å². The third-order valence-electron chi connectivity index (χ3n) is 2.61. The van der Waals surface area contributed by atoms with E-state index in [-0.39, 0.29) is 0 Å². The molecule has 0 atom stereocenters. The Morgan fingerprint density at radius 2 is 2.20 bits per heavy atom. The zero-order valence-corrected chi connectivity index (χ0v) is 12.5. The molecule has 0 amide bonds. The molecule has 3 aromatic heterocycles. The molecular weight excluding hydrogens is 294 g/mol. The van der Waals surface area contributed by atoms with Crippen molar-refractivity contribution in [2.45, 2.75) is 9.37 Å². The van der Waals surface area contributed by atoms with Crippen molar-refractivity contribution in [2.75, 3.05) is 19.0 Å². The van der Waals surface area contributed by atoms with Gasteiger partial charge in [-0.1, -0.05) is 17.4 Å². The molecule has 6 nitrogen and oxygen atoms in total. The van der Waals surface area contributed by atoms with Gasteiger partial charge in [0.15, 0.2) is 10.6 Å². The van der Waals surface area contributed by atoms with Crippen molar-refractivity contribution in [3.63, 3.8) is 0 Å².